The Bertz CT molecular complexity index is 481. The molecular formula is C13H17ClFN3O. The lowest BCUT2D eigenvalue weighted by Crippen LogP contribution is -2.47. The molecule has 1 aliphatic heterocycles. The largest absolute Gasteiger partial charge is 0.409 e. The van der Waals surface area contributed by atoms with Gasteiger partial charge >= 0.3 is 0 Å². The summed E-state index contributed by atoms with van der Waals surface area (Å²) in [7, 11) is 0. The number of amidine groups is 1. The third kappa shape index (κ3) is 3.36. The Morgan fingerprint density at radius 1 is 1.53 bits per heavy atom. The molecule has 1 fully saturated rings. The molecule has 1 atom stereocenters. The van der Waals surface area contributed by atoms with E-state index in [4.69, 9.17) is 22.5 Å². The smallest absolute Gasteiger partial charge is 0.156 e. The van der Waals surface area contributed by atoms with Gasteiger partial charge in [-0.05, 0) is 37.1 Å². The minimum absolute atomic E-state index is 0.0671. The Morgan fingerprint density at radius 2 is 2.32 bits per heavy atom. The highest BCUT2D eigenvalue weighted by molar-refractivity contribution is 6.30. The first-order valence-electron chi connectivity index (χ1n) is 6.27. The highest BCUT2D eigenvalue weighted by Crippen LogP contribution is 2.22. The van der Waals surface area contributed by atoms with Gasteiger partial charge in [0.25, 0.3) is 0 Å². The fraction of sp³-hybridized carbons (Fsp3) is 0.462. The van der Waals surface area contributed by atoms with Crippen LogP contribution in [0.15, 0.2) is 23.4 Å². The highest BCUT2D eigenvalue weighted by atomic mass is 35.5. The Morgan fingerprint density at radius 3 is 3.00 bits per heavy atom. The molecule has 0 spiro atoms. The van der Waals surface area contributed by atoms with E-state index in [2.05, 4.69) is 10.1 Å². The van der Waals surface area contributed by atoms with E-state index in [0.717, 1.165) is 31.4 Å². The Kier molecular flexibility index (Phi) is 4.61. The van der Waals surface area contributed by atoms with Crippen molar-refractivity contribution in [1.82, 2.24) is 4.90 Å². The monoisotopic (exact) mass is 285 g/mol. The molecule has 3 N–H and O–H groups in total. The molecule has 1 unspecified atom stereocenters. The van der Waals surface area contributed by atoms with Gasteiger partial charge in [0.2, 0.25) is 0 Å². The van der Waals surface area contributed by atoms with Gasteiger partial charge in [0.15, 0.2) is 5.84 Å². The molecule has 104 valence electrons. The van der Waals surface area contributed by atoms with Gasteiger partial charge in [-0.3, -0.25) is 4.90 Å². The summed E-state index contributed by atoms with van der Waals surface area (Å²) in [6.07, 6.45) is 3.00. The third-order valence-electron chi connectivity index (χ3n) is 3.44. The van der Waals surface area contributed by atoms with E-state index in [1.54, 1.807) is 12.1 Å². The van der Waals surface area contributed by atoms with Crippen molar-refractivity contribution >= 4 is 17.4 Å². The normalized spacial score (nSPS) is 21.6. The second-order valence-electron chi connectivity index (χ2n) is 4.76. The standard InChI is InChI=1S/C13H17ClFN3O/c14-10-7-9(4-5-11(10)15)8-18-6-2-1-3-12(18)13(16)17-19/h4-5,7,12,19H,1-3,6,8H2,(H2,16,17). The highest BCUT2D eigenvalue weighted by Gasteiger charge is 2.26. The number of halogens is 2. The van der Waals surface area contributed by atoms with Gasteiger partial charge in [0.1, 0.15) is 5.82 Å². The molecule has 1 heterocycles. The number of nitrogens with two attached hydrogens (primary N) is 1. The summed E-state index contributed by atoms with van der Waals surface area (Å²) in [4.78, 5) is 2.13. The quantitative estimate of drug-likeness (QED) is 0.388. The summed E-state index contributed by atoms with van der Waals surface area (Å²) >= 11 is 5.78. The summed E-state index contributed by atoms with van der Waals surface area (Å²) in [5.41, 5.74) is 6.64. The third-order valence-corrected chi connectivity index (χ3v) is 3.73. The molecule has 1 aromatic carbocycles. The lowest BCUT2D eigenvalue weighted by molar-refractivity contribution is 0.178. The first-order valence-corrected chi connectivity index (χ1v) is 6.65. The number of piperidine rings is 1. The van der Waals surface area contributed by atoms with Crippen LogP contribution in [-0.4, -0.2) is 28.5 Å². The van der Waals surface area contributed by atoms with Crippen LogP contribution in [0, 0.1) is 5.82 Å². The number of likely N-dealkylation sites (tertiary alicyclic amines) is 1. The second kappa shape index (κ2) is 6.21. The van der Waals surface area contributed by atoms with Gasteiger partial charge in [0, 0.05) is 6.54 Å². The Balaban J connectivity index is 2.12. The van der Waals surface area contributed by atoms with E-state index in [-0.39, 0.29) is 16.9 Å². The van der Waals surface area contributed by atoms with E-state index in [9.17, 15) is 4.39 Å². The number of nitrogens with zero attached hydrogens (tertiary/aromatic N) is 2. The minimum atomic E-state index is -0.419. The number of hydrogen-bond acceptors (Lipinski definition) is 3. The zero-order valence-electron chi connectivity index (χ0n) is 10.5. The van der Waals surface area contributed by atoms with Crippen LogP contribution in [0.5, 0.6) is 0 Å². The maximum atomic E-state index is 13.1. The van der Waals surface area contributed by atoms with Crippen LogP contribution in [-0.2, 0) is 6.54 Å². The average molecular weight is 286 g/mol. The van der Waals surface area contributed by atoms with Crippen molar-refractivity contribution in [2.75, 3.05) is 6.54 Å². The van der Waals surface area contributed by atoms with Crippen molar-refractivity contribution in [2.24, 2.45) is 10.9 Å². The minimum Gasteiger partial charge on any atom is -0.409 e. The van der Waals surface area contributed by atoms with Crippen molar-refractivity contribution in [3.05, 3.63) is 34.6 Å². The molecule has 0 amide bonds. The van der Waals surface area contributed by atoms with Gasteiger partial charge in [0.05, 0.1) is 11.1 Å². The van der Waals surface area contributed by atoms with Gasteiger partial charge in [-0.15, -0.1) is 0 Å². The van der Waals surface area contributed by atoms with E-state index >= 15 is 0 Å². The number of rotatable bonds is 3. The number of benzene rings is 1. The summed E-state index contributed by atoms with van der Waals surface area (Å²) in [6.45, 7) is 1.48. The maximum absolute atomic E-state index is 13.1. The lowest BCUT2D eigenvalue weighted by atomic mass is 10.0. The van der Waals surface area contributed by atoms with Crippen LogP contribution in [0.2, 0.25) is 5.02 Å². The SMILES string of the molecule is N/C(=N/O)C1CCCCN1Cc1ccc(F)c(Cl)c1. The first-order chi connectivity index (χ1) is 9.11. The van der Waals surface area contributed by atoms with Crippen molar-refractivity contribution in [3.63, 3.8) is 0 Å². The van der Waals surface area contributed by atoms with E-state index in [1.807, 2.05) is 0 Å². The van der Waals surface area contributed by atoms with Crippen molar-refractivity contribution in [2.45, 2.75) is 31.8 Å². The van der Waals surface area contributed by atoms with Crippen molar-refractivity contribution in [3.8, 4) is 0 Å². The summed E-state index contributed by atoms with van der Waals surface area (Å²) in [5.74, 6) is -0.190. The lowest BCUT2D eigenvalue weighted by Gasteiger charge is -2.34. The van der Waals surface area contributed by atoms with Crippen LogP contribution >= 0.6 is 11.6 Å². The zero-order valence-corrected chi connectivity index (χ0v) is 11.3. The average Bonchev–Trinajstić information content (AvgIpc) is 2.43. The Hall–Kier alpha value is -1.33. The predicted molar refractivity (Wildman–Crippen MR) is 72.9 cm³/mol. The first kappa shape index (κ1) is 14.1. The molecule has 1 aromatic rings. The Labute approximate surface area is 116 Å². The second-order valence-corrected chi connectivity index (χ2v) is 5.16. The van der Waals surface area contributed by atoms with Crippen LogP contribution in [0.3, 0.4) is 0 Å². The summed E-state index contributed by atoms with van der Waals surface area (Å²) < 4.78 is 13.1. The van der Waals surface area contributed by atoms with Gasteiger partial charge in [-0.2, -0.15) is 0 Å². The molecule has 0 saturated carbocycles. The molecular weight excluding hydrogens is 269 g/mol. The predicted octanol–water partition coefficient (Wildman–Crippen LogP) is 2.58. The molecule has 0 radical (unpaired) electrons. The fourth-order valence-corrected chi connectivity index (χ4v) is 2.66. The van der Waals surface area contributed by atoms with Gasteiger partial charge in [-0.1, -0.05) is 29.2 Å². The van der Waals surface area contributed by atoms with E-state index in [1.165, 1.54) is 6.07 Å². The maximum Gasteiger partial charge on any atom is 0.156 e. The van der Waals surface area contributed by atoms with Crippen LogP contribution in [0.4, 0.5) is 4.39 Å². The molecule has 0 aromatic heterocycles. The molecule has 6 heteroatoms. The molecule has 1 saturated heterocycles. The van der Waals surface area contributed by atoms with Gasteiger partial charge < -0.3 is 10.9 Å². The summed E-state index contributed by atoms with van der Waals surface area (Å²) in [6, 6.07) is 4.62. The van der Waals surface area contributed by atoms with E-state index < -0.39 is 5.82 Å². The number of hydrogen-bond donors (Lipinski definition) is 2. The molecule has 0 aliphatic carbocycles. The summed E-state index contributed by atoms with van der Waals surface area (Å²) in [5, 5.41) is 12.0. The van der Waals surface area contributed by atoms with Crippen LogP contribution < -0.4 is 5.73 Å². The van der Waals surface area contributed by atoms with Crippen molar-refractivity contribution < 1.29 is 9.60 Å². The zero-order chi connectivity index (χ0) is 13.8. The number of oxime groups is 1. The molecule has 0 bridgehead atoms. The molecule has 4 nitrogen and oxygen atoms in total. The van der Waals surface area contributed by atoms with Crippen LogP contribution in [0.25, 0.3) is 0 Å². The van der Waals surface area contributed by atoms with Gasteiger partial charge in [-0.25, -0.2) is 4.39 Å². The van der Waals surface area contributed by atoms with Crippen molar-refractivity contribution in [1.29, 1.82) is 0 Å². The van der Waals surface area contributed by atoms with E-state index in [0.29, 0.717) is 6.54 Å². The fourth-order valence-electron chi connectivity index (χ4n) is 2.45. The molecule has 19 heavy (non-hydrogen) atoms. The van der Waals surface area contributed by atoms with Crippen LogP contribution in [0.1, 0.15) is 24.8 Å². The topological polar surface area (TPSA) is 61.9 Å². The molecule has 1 aliphatic rings. The molecule has 2 rings (SSSR count).